The van der Waals surface area contributed by atoms with E-state index in [9.17, 15) is 75.6 Å². The number of non-ortho nitro benzene ring substituents is 7. The predicted octanol–water partition coefficient (Wildman–Crippen LogP) is 18.2. The number of nitrogens with zero attached hydrogens (tertiary/aromatic N) is 8. The quantitative estimate of drug-likeness (QED) is 0.00554. The van der Waals surface area contributed by atoms with Crippen LogP contribution in [0.1, 0.15) is 66.1 Å². The average Bonchev–Trinajstić information content (AvgIpc) is 1.70. The van der Waals surface area contributed by atoms with Gasteiger partial charge in [-0.15, -0.1) is 24.8 Å². The van der Waals surface area contributed by atoms with Crippen molar-refractivity contribution >= 4 is 226 Å². The molecule has 8 aromatic carbocycles. The number of benzene rings is 8. The maximum atomic E-state index is 10.7. The Morgan fingerprint density at radius 2 is 0.796 bits per heavy atom. The average molecular weight is 1930 g/mol. The number of hydrazone groups is 1. The van der Waals surface area contributed by atoms with Gasteiger partial charge in [0.05, 0.1) is 67.9 Å². The number of aromatic nitrogens is 3. The molecule has 17 N–H and O–H groups in total. The number of nitrogens with one attached hydrogen (secondary N) is 6. The molecule has 612 valence electrons. The Morgan fingerprint density at radius 3 is 1.13 bits per heavy atom. The van der Waals surface area contributed by atoms with Crippen molar-refractivity contribution < 1.29 is 60.1 Å². The maximum absolute atomic E-state index is 10.7. The van der Waals surface area contributed by atoms with Crippen LogP contribution in [0.4, 0.5) is 73.9 Å². The van der Waals surface area contributed by atoms with Gasteiger partial charge in [-0.05, 0) is 103 Å². The molecular weight excluding hydrogens is 1840 g/mol. The monoisotopic (exact) mass is 1930 g/mol. The first-order valence-electron chi connectivity index (χ1n) is 30.8. The van der Waals surface area contributed by atoms with Gasteiger partial charge in [-0.1, -0.05) is 77.6 Å². The van der Waals surface area contributed by atoms with Crippen LogP contribution in [0.25, 0.3) is 32.7 Å². The number of anilines is 6. The van der Waals surface area contributed by atoms with E-state index in [1.165, 1.54) is 83.7 Å². The van der Waals surface area contributed by atoms with E-state index in [0.29, 0.717) is 40.2 Å². The summed E-state index contributed by atoms with van der Waals surface area (Å²) < 4.78 is 11.6. The number of H-pyrrole nitrogens is 3. The molecule has 3 aromatic heterocycles. The smallest absolute Gasteiger partial charge is 0 e. The first kappa shape index (κ1) is 111. The third-order valence-electron chi connectivity index (χ3n) is 12.4. The Labute approximate surface area is 696 Å². The minimum atomic E-state index is -3.04. The van der Waals surface area contributed by atoms with Crippen LogP contribution >= 0.6 is 68.8 Å². The summed E-state index contributed by atoms with van der Waals surface area (Å²) in [6, 6.07) is 45.7. The van der Waals surface area contributed by atoms with Gasteiger partial charge in [0.1, 0.15) is 6.29 Å². The van der Waals surface area contributed by atoms with Crippen molar-refractivity contribution in [3.05, 3.63) is 282 Å². The molecule has 3 heterocycles. The number of hydrazine groups is 2. The number of nitro groups is 7. The first-order chi connectivity index (χ1) is 52.3. The molecule has 11 rings (SSSR count). The van der Waals surface area contributed by atoms with Crippen molar-refractivity contribution in [2.24, 2.45) is 16.8 Å². The van der Waals surface area contributed by atoms with E-state index in [2.05, 4.69) is 47.9 Å². The number of nitro benzene ring substituents is 7. The zero-order chi connectivity index (χ0) is 83.8. The third-order valence-corrected chi connectivity index (χ3v) is 12.6. The zero-order valence-electron chi connectivity index (χ0n) is 60.1. The normalized spacial score (nSPS) is 9.25. The van der Waals surface area contributed by atoms with E-state index in [4.69, 9.17) is 79.3 Å². The molecular formula is C66H84Cl6N19O19PSn2. The number of aryl methyl sites for hydroxylation is 3. The molecule has 0 aliphatic rings. The number of nitrogen functional groups attached to an aromatic ring is 5. The maximum Gasteiger partial charge on any atom is 0 e. The molecule has 113 heavy (non-hydrogen) atoms. The minimum absolute atomic E-state index is 0. The standard InChI is InChI=1S/C9H11N3O2.2C9H8N2O2.C9H10N2.2C6H7N3O2.2C6H6N2O2.C3H6O.C2H6.CH4.6ClH.HO4P.2Sn.H2/c1-2-6-10-11-8-4-3-5-9(7-8)12(13)14;1-6-5-10-9-4-7(11(12)13)2-3-8(6)9;1-6-5-10-7-3-2-4-8(9(6)7)11(12)13;1-6-5-11-9-4-7(10)2-3-8(6)9;2*7-8-5-2-1-3-6(4-5)9(10)11;2*7-5-2-1-3-6(4-5)8(9)10;1-2-3-4;1-2;;;;;;;;1-4-5(2)3;;;/h3-7,11H,2H2,1H3;2*2-5,10H,1H3;2-5,11H,10H2,1H3;2*1-4,8H,7H2;2*1-4H,7H2;3H,2H2,1H3;1-2H3;1H4;6*1H;1H;;;1H/q;;;;;;;;;;;;;;;;;;2*+2;/p-4/b10-6+;;;;;;;;;;;;;;;;;;;;. The van der Waals surface area contributed by atoms with E-state index in [-0.39, 0.29) is 78.4 Å². The molecule has 0 spiro atoms. The van der Waals surface area contributed by atoms with Gasteiger partial charge in [0.25, 0.3) is 39.8 Å². The van der Waals surface area contributed by atoms with Gasteiger partial charge in [-0.2, -0.15) is 5.10 Å². The van der Waals surface area contributed by atoms with Gasteiger partial charge in [0, 0.05) is 150 Å². The van der Waals surface area contributed by atoms with Crippen LogP contribution < -0.4 is 50.1 Å². The van der Waals surface area contributed by atoms with Crippen molar-refractivity contribution in [3.8, 4) is 0 Å². The second-order valence-electron chi connectivity index (χ2n) is 19.9. The number of hydrogen-bond acceptors (Lipinski definition) is 28. The summed E-state index contributed by atoms with van der Waals surface area (Å²) in [4.78, 5) is 96.3. The number of aromatic amines is 3. The van der Waals surface area contributed by atoms with Crippen LogP contribution in [0.2, 0.25) is 0 Å². The second-order valence-corrected chi connectivity index (χ2v) is 29.0. The van der Waals surface area contributed by atoms with Gasteiger partial charge >= 0.3 is 81.7 Å². The fraction of sp³-hybridized carbons (Fsp3) is 0.152. The van der Waals surface area contributed by atoms with Gasteiger partial charge in [0.2, 0.25) is 0 Å². The van der Waals surface area contributed by atoms with Crippen LogP contribution in [0.5, 0.6) is 0 Å². The molecule has 0 aliphatic heterocycles. The topological polar surface area (TPSA) is 615 Å². The van der Waals surface area contributed by atoms with Gasteiger partial charge in [0.15, 0.2) is 0 Å². The fourth-order valence-electron chi connectivity index (χ4n) is 7.74. The molecule has 11 aromatic rings. The van der Waals surface area contributed by atoms with E-state index >= 15 is 0 Å². The van der Waals surface area contributed by atoms with Gasteiger partial charge in [-0.3, -0.25) is 87.9 Å². The number of fused-ring (bicyclic) bond motifs is 3. The Bertz CT molecular complexity index is 4610. The van der Waals surface area contributed by atoms with Crippen molar-refractivity contribution in [2.75, 3.05) is 33.5 Å². The van der Waals surface area contributed by atoms with Crippen LogP contribution in [0.3, 0.4) is 0 Å². The van der Waals surface area contributed by atoms with Crippen molar-refractivity contribution in [2.45, 2.75) is 68.7 Å². The van der Waals surface area contributed by atoms with Crippen molar-refractivity contribution in [3.63, 3.8) is 0 Å². The molecule has 0 fully saturated rings. The van der Waals surface area contributed by atoms with E-state index < -0.39 is 75.6 Å². The second kappa shape index (κ2) is 65.1. The summed E-state index contributed by atoms with van der Waals surface area (Å²) in [5, 5.41) is 86.0. The molecule has 0 saturated heterocycles. The summed E-state index contributed by atoms with van der Waals surface area (Å²) in [5.41, 5.74) is 33.3. The molecule has 0 saturated carbocycles. The fourth-order valence-corrected chi connectivity index (χ4v) is 7.74. The summed E-state index contributed by atoms with van der Waals surface area (Å²) in [6.45, 7) is 13.7. The summed E-state index contributed by atoms with van der Waals surface area (Å²) >= 11 is -1.65. The number of halogens is 6. The third kappa shape index (κ3) is 46.9. The molecule has 47 heteroatoms. The van der Waals surface area contributed by atoms with Crippen LogP contribution in [-0.2, 0) is 14.0 Å². The number of nitrogens with two attached hydrogens (primary N) is 5. The molecule has 4 radical (unpaired) electrons. The molecule has 0 aliphatic carbocycles. The van der Waals surface area contributed by atoms with E-state index in [1.807, 2.05) is 78.2 Å². The Kier molecular flexibility index (Phi) is 64.1. The largest absolute Gasteiger partial charge is 0 e. The Hall–Kier alpha value is -10.4. The molecule has 1 unspecified atom stereocenters. The van der Waals surface area contributed by atoms with Crippen LogP contribution in [0.15, 0.2) is 200 Å². The minimum Gasteiger partial charge on any atom is 0 e. The van der Waals surface area contributed by atoms with Gasteiger partial charge < -0.3 is 52.7 Å². The number of carbonyl (C=O) groups is 1. The number of carbonyl (C=O) groups excluding carboxylic acids is 1. The van der Waals surface area contributed by atoms with Gasteiger partial charge in [-0.25, -0.2) is 5.26 Å². The first-order valence-corrected chi connectivity index (χ1v) is 46.4. The van der Waals surface area contributed by atoms with Crippen LogP contribution in [0, 0.1) is 91.6 Å². The van der Waals surface area contributed by atoms with Crippen molar-refractivity contribution in [1.82, 2.24) is 15.0 Å². The zero-order valence-corrected chi connectivity index (χ0v) is 71.3. The van der Waals surface area contributed by atoms with Crippen molar-refractivity contribution in [1.29, 1.82) is 0 Å². The summed E-state index contributed by atoms with van der Waals surface area (Å²) in [6.07, 6.45) is 9.64. The molecule has 0 amide bonds. The van der Waals surface area contributed by atoms with Crippen LogP contribution in [-0.4, -0.2) is 105 Å². The molecule has 38 nitrogen and oxygen atoms in total. The Morgan fingerprint density at radius 1 is 0.487 bits per heavy atom. The predicted molar refractivity (Wildman–Crippen MR) is 456 cm³/mol. The molecule has 1 atom stereocenters. The summed E-state index contributed by atoms with van der Waals surface area (Å²) in [5.74, 6) is 10.1. The Balaban J connectivity index is -0.000000283. The summed E-state index contributed by atoms with van der Waals surface area (Å²) in [7, 11) is 16.7. The van der Waals surface area contributed by atoms with E-state index in [1.54, 1.807) is 91.3 Å². The number of aldehydes is 1. The number of rotatable bonds is 14. The molecule has 0 bridgehead atoms. The van der Waals surface area contributed by atoms with E-state index in [0.717, 1.165) is 51.5 Å². The number of hydrogen-bond donors (Lipinski definition) is 12. The SMILES string of the molecule is C.CC.CC/C=N/Nc1cccc([N+](=O)[O-])c1.CCC=O.Cc1c[nH]c2cc(N)ccc12.Cc1c[nH]c2cc([N+](=O)[O-])ccc12.Cc1c[nH]c2cccc([N+](=O)[O-])c12.Cl.Cl.NNc1cccc([N+](=O)[O-])c1.NNc1cccc([N+](=O)[O-])c1.Nc1cccc([N+](=O)[O-])c1.Nc1cccc([N+](=O)[O-])c1.O=[P+]([O-])OO.[Cl][Sn][Cl].[Cl][Sn][Cl].[HH].